The van der Waals surface area contributed by atoms with E-state index in [-0.39, 0.29) is 18.4 Å². The molecule has 1 saturated heterocycles. The quantitative estimate of drug-likeness (QED) is 0.340. The number of carbonyl (C=O) groups is 2. The minimum atomic E-state index is -0.226. The van der Waals surface area contributed by atoms with Crippen LogP contribution in [0.1, 0.15) is 22.3 Å². The third kappa shape index (κ3) is 6.12. The molecule has 1 heterocycles. The summed E-state index contributed by atoms with van der Waals surface area (Å²) < 4.78 is 6.16. The second kappa shape index (κ2) is 10.7. The molecule has 4 rings (SSSR count). The normalized spacial score (nSPS) is 14.5. The predicted molar refractivity (Wildman–Crippen MR) is 142 cm³/mol. The first kappa shape index (κ1) is 23.7. The van der Waals surface area contributed by atoms with Crippen LogP contribution >= 0.6 is 24.0 Å². The van der Waals surface area contributed by atoms with Crippen LogP contribution in [0.2, 0.25) is 0 Å². The Morgan fingerprint density at radius 1 is 1.03 bits per heavy atom. The first-order valence-electron chi connectivity index (χ1n) is 10.8. The summed E-state index contributed by atoms with van der Waals surface area (Å²) in [5.41, 5.74) is 4.81. The van der Waals surface area contributed by atoms with Crippen molar-refractivity contribution in [3.05, 3.63) is 100.0 Å². The van der Waals surface area contributed by atoms with Crippen LogP contribution in [0, 0.1) is 13.8 Å². The Morgan fingerprint density at radius 2 is 1.71 bits per heavy atom. The molecule has 1 N–H and O–H groups in total. The molecule has 34 heavy (non-hydrogen) atoms. The van der Waals surface area contributed by atoms with Crippen molar-refractivity contribution in [1.82, 2.24) is 4.90 Å². The van der Waals surface area contributed by atoms with E-state index in [0.29, 0.717) is 21.5 Å². The summed E-state index contributed by atoms with van der Waals surface area (Å²) in [6.45, 7) is 4.34. The van der Waals surface area contributed by atoms with Crippen LogP contribution < -0.4 is 10.1 Å². The van der Waals surface area contributed by atoms with Crippen LogP contribution in [0.3, 0.4) is 0 Å². The zero-order valence-electron chi connectivity index (χ0n) is 18.9. The molecule has 0 saturated carbocycles. The van der Waals surface area contributed by atoms with Gasteiger partial charge in [0, 0.05) is 5.69 Å². The Balaban J connectivity index is 1.33. The molecular weight excluding hydrogens is 464 g/mol. The molecule has 0 spiro atoms. The molecule has 0 aromatic heterocycles. The van der Waals surface area contributed by atoms with E-state index in [1.165, 1.54) is 11.8 Å². The highest BCUT2D eigenvalue weighted by atomic mass is 32.2. The highest BCUT2D eigenvalue weighted by molar-refractivity contribution is 8.26. The lowest BCUT2D eigenvalue weighted by molar-refractivity contribution is -0.122. The first-order valence-corrected chi connectivity index (χ1v) is 12.0. The van der Waals surface area contributed by atoms with Crippen LogP contribution in [-0.4, -0.2) is 27.6 Å². The van der Waals surface area contributed by atoms with Gasteiger partial charge in [0.1, 0.15) is 10.1 Å². The highest BCUT2D eigenvalue weighted by Gasteiger charge is 2.31. The molecular formula is C27H24N2O3S2. The lowest BCUT2D eigenvalue weighted by Crippen LogP contribution is -2.27. The molecule has 3 aromatic carbocycles. The van der Waals surface area contributed by atoms with Crippen molar-refractivity contribution in [1.29, 1.82) is 0 Å². The fraction of sp³-hybridized carbons (Fsp3) is 0.148. The van der Waals surface area contributed by atoms with Gasteiger partial charge in [0.25, 0.3) is 11.8 Å². The summed E-state index contributed by atoms with van der Waals surface area (Å²) in [5, 5.41) is 2.85. The van der Waals surface area contributed by atoms with Gasteiger partial charge in [-0.2, -0.15) is 0 Å². The minimum absolute atomic E-state index is 0.0928. The van der Waals surface area contributed by atoms with Crippen LogP contribution in [0.4, 0.5) is 5.69 Å². The van der Waals surface area contributed by atoms with E-state index < -0.39 is 0 Å². The van der Waals surface area contributed by atoms with Gasteiger partial charge in [0.15, 0.2) is 6.61 Å². The number of thiocarbonyl (C=S) groups is 1. The van der Waals surface area contributed by atoms with Crippen molar-refractivity contribution in [2.45, 2.75) is 20.4 Å². The van der Waals surface area contributed by atoms with Gasteiger partial charge in [-0.3, -0.25) is 14.5 Å². The van der Waals surface area contributed by atoms with Crippen molar-refractivity contribution >= 4 is 51.9 Å². The Hall–Kier alpha value is -3.42. The van der Waals surface area contributed by atoms with E-state index in [1.54, 1.807) is 17.0 Å². The molecule has 1 aliphatic rings. The van der Waals surface area contributed by atoms with E-state index in [2.05, 4.69) is 11.4 Å². The fourth-order valence-corrected chi connectivity index (χ4v) is 4.86. The molecule has 3 aromatic rings. The summed E-state index contributed by atoms with van der Waals surface area (Å²) in [7, 11) is 0. The zero-order chi connectivity index (χ0) is 24.1. The smallest absolute Gasteiger partial charge is 0.266 e. The first-order chi connectivity index (χ1) is 16.4. The number of anilines is 1. The summed E-state index contributed by atoms with van der Waals surface area (Å²) in [5.74, 6) is 0.253. The third-order valence-corrected chi connectivity index (χ3v) is 6.49. The van der Waals surface area contributed by atoms with Crippen molar-refractivity contribution < 1.29 is 14.3 Å². The lowest BCUT2D eigenvalue weighted by Gasteiger charge is -2.14. The Morgan fingerprint density at radius 3 is 2.38 bits per heavy atom. The monoisotopic (exact) mass is 488 g/mol. The molecule has 0 unspecified atom stereocenters. The van der Waals surface area contributed by atoms with Gasteiger partial charge >= 0.3 is 0 Å². The van der Waals surface area contributed by atoms with Gasteiger partial charge in [0.05, 0.1) is 11.4 Å². The van der Waals surface area contributed by atoms with Gasteiger partial charge < -0.3 is 10.1 Å². The van der Waals surface area contributed by atoms with E-state index >= 15 is 0 Å². The molecule has 7 heteroatoms. The molecule has 0 radical (unpaired) electrons. The van der Waals surface area contributed by atoms with Crippen LogP contribution in [-0.2, 0) is 16.1 Å². The van der Waals surface area contributed by atoms with Crippen molar-refractivity contribution in [3.63, 3.8) is 0 Å². The predicted octanol–water partition coefficient (Wildman–Crippen LogP) is 5.72. The molecule has 172 valence electrons. The van der Waals surface area contributed by atoms with Crippen LogP contribution in [0.15, 0.2) is 77.7 Å². The lowest BCUT2D eigenvalue weighted by atomic mass is 10.1. The Labute approximate surface area is 208 Å². The number of rotatable bonds is 7. The zero-order valence-corrected chi connectivity index (χ0v) is 20.5. The maximum Gasteiger partial charge on any atom is 0.266 e. The van der Waals surface area contributed by atoms with E-state index in [4.69, 9.17) is 17.0 Å². The Bertz CT molecular complexity index is 1230. The molecule has 5 nitrogen and oxygen atoms in total. The maximum absolute atomic E-state index is 12.8. The standard InChI is InChI=1S/C27H24N2O3S2/c1-18-12-19(2)14-22(13-18)28-25(30)17-32-23-10-8-20(9-11-23)15-24-26(31)29(27(33)34-24)16-21-6-4-3-5-7-21/h3-15H,16-17H2,1-2H3,(H,28,30)/b24-15-. The van der Waals surface area contributed by atoms with E-state index in [0.717, 1.165) is 27.9 Å². The van der Waals surface area contributed by atoms with E-state index in [9.17, 15) is 9.59 Å². The second-order valence-corrected chi connectivity index (χ2v) is 9.71. The van der Waals surface area contributed by atoms with E-state index in [1.807, 2.05) is 74.5 Å². The minimum Gasteiger partial charge on any atom is -0.484 e. The largest absolute Gasteiger partial charge is 0.484 e. The molecule has 0 bridgehead atoms. The number of benzene rings is 3. The number of ether oxygens (including phenoxy) is 1. The van der Waals surface area contributed by atoms with Gasteiger partial charge in [-0.05, 0) is 66.4 Å². The van der Waals surface area contributed by atoms with Crippen molar-refractivity contribution in [2.24, 2.45) is 0 Å². The number of hydrogen-bond donors (Lipinski definition) is 1. The number of nitrogens with one attached hydrogen (secondary N) is 1. The average Bonchev–Trinajstić information content (AvgIpc) is 3.06. The molecule has 1 aliphatic heterocycles. The van der Waals surface area contributed by atoms with Crippen LogP contribution in [0.5, 0.6) is 5.75 Å². The second-order valence-electron chi connectivity index (χ2n) is 8.04. The SMILES string of the molecule is Cc1cc(C)cc(NC(=O)COc2ccc(/C=C3\SC(=S)N(Cc4ccccc4)C3=O)cc2)c1. The number of amides is 2. The fourth-order valence-electron chi connectivity index (χ4n) is 3.61. The number of thioether (sulfide) groups is 1. The van der Waals surface area contributed by atoms with Gasteiger partial charge in [-0.15, -0.1) is 0 Å². The molecule has 0 aliphatic carbocycles. The maximum atomic E-state index is 12.8. The summed E-state index contributed by atoms with van der Waals surface area (Å²) in [4.78, 5) is 27.3. The molecule has 0 atom stereocenters. The van der Waals surface area contributed by atoms with Crippen LogP contribution in [0.25, 0.3) is 6.08 Å². The van der Waals surface area contributed by atoms with Gasteiger partial charge in [0.2, 0.25) is 0 Å². The summed E-state index contributed by atoms with van der Waals surface area (Å²) >= 11 is 6.72. The number of nitrogens with zero attached hydrogens (tertiary/aromatic N) is 1. The number of hydrogen-bond acceptors (Lipinski definition) is 5. The number of aryl methyl sites for hydroxylation is 2. The van der Waals surface area contributed by atoms with Crippen molar-refractivity contribution in [3.8, 4) is 5.75 Å². The van der Waals surface area contributed by atoms with Gasteiger partial charge in [-0.25, -0.2) is 0 Å². The summed E-state index contributed by atoms with van der Waals surface area (Å²) in [6, 6.07) is 22.9. The average molecular weight is 489 g/mol. The van der Waals surface area contributed by atoms with Crippen molar-refractivity contribution in [2.75, 3.05) is 11.9 Å². The third-order valence-electron chi connectivity index (χ3n) is 5.11. The Kier molecular flexibility index (Phi) is 7.45. The topological polar surface area (TPSA) is 58.6 Å². The highest BCUT2D eigenvalue weighted by Crippen LogP contribution is 2.33. The van der Waals surface area contributed by atoms with Gasteiger partial charge in [-0.1, -0.05) is 72.5 Å². The molecule has 2 amide bonds. The molecule has 1 fully saturated rings. The summed E-state index contributed by atoms with van der Waals surface area (Å²) in [6.07, 6.45) is 1.82. The number of carbonyl (C=O) groups excluding carboxylic acids is 2.